The second-order valence-corrected chi connectivity index (χ2v) is 6.78. The Kier molecular flexibility index (Phi) is 4.32. The Labute approximate surface area is 138 Å². The minimum atomic E-state index is -0.865. The zero-order valence-electron chi connectivity index (χ0n) is 12.2. The molecule has 1 unspecified atom stereocenters. The molecule has 1 amide bonds. The molecular weight excluding hydrogens is 342 g/mol. The van der Waals surface area contributed by atoms with Crippen molar-refractivity contribution in [2.75, 3.05) is 6.54 Å². The van der Waals surface area contributed by atoms with Gasteiger partial charge in [-0.25, -0.2) is 0 Å². The third-order valence-electron chi connectivity index (χ3n) is 4.16. The number of fused-ring (bicyclic) bond motifs is 1. The van der Waals surface area contributed by atoms with Crippen molar-refractivity contribution in [2.45, 2.75) is 24.9 Å². The van der Waals surface area contributed by atoms with Crippen LogP contribution in [0.15, 0.2) is 53.0 Å². The summed E-state index contributed by atoms with van der Waals surface area (Å²) in [5.74, 6) is -0.159. The summed E-state index contributed by atoms with van der Waals surface area (Å²) in [6.07, 6.45) is 2.10. The van der Waals surface area contributed by atoms with E-state index in [0.717, 1.165) is 10.9 Å². The molecule has 0 spiro atoms. The standard InChI is InChI=1S/C18H18BrNO2/c19-16-7-3-6-14(10-16)17(21)20-12-18(22)9-8-13-4-1-2-5-15(13)11-18/h1-7,10,22H,8-9,11-12H2,(H,20,21). The van der Waals surface area contributed by atoms with Gasteiger partial charge in [-0.05, 0) is 42.2 Å². The molecule has 4 heteroatoms. The first-order valence-corrected chi connectivity index (χ1v) is 8.18. The monoisotopic (exact) mass is 359 g/mol. The highest BCUT2D eigenvalue weighted by molar-refractivity contribution is 9.10. The summed E-state index contributed by atoms with van der Waals surface area (Å²) >= 11 is 3.36. The smallest absolute Gasteiger partial charge is 0.251 e. The van der Waals surface area contributed by atoms with Gasteiger partial charge in [-0.1, -0.05) is 46.3 Å². The van der Waals surface area contributed by atoms with Gasteiger partial charge < -0.3 is 10.4 Å². The largest absolute Gasteiger partial charge is 0.388 e. The molecule has 2 N–H and O–H groups in total. The summed E-state index contributed by atoms with van der Waals surface area (Å²) < 4.78 is 0.866. The molecule has 0 heterocycles. The number of benzene rings is 2. The van der Waals surface area contributed by atoms with E-state index in [1.165, 1.54) is 11.1 Å². The average Bonchev–Trinajstić information content (AvgIpc) is 2.52. The van der Waals surface area contributed by atoms with Crippen LogP contribution in [0.4, 0.5) is 0 Å². The minimum Gasteiger partial charge on any atom is -0.388 e. The van der Waals surface area contributed by atoms with Gasteiger partial charge in [0.25, 0.3) is 5.91 Å². The van der Waals surface area contributed by atoms with Crippen molar-refractivity contribution < 1.29 is 9.90 Å². The highest BCUT2D eigenvalue weighted by Gasteiger charge is 2.32. The molecule has 0 radical (unpaired) electrons. The second-order valence-electron chi connectivity index (χ2n) is 5.86. The van der Waals surface area contributed by atoms with Crippen LogP contribution < -0.4 is 5.32 Å². The first-order chi connectivity index (χ1) is 10.6. The molecule has 0 fully saturated rings. The van der Waals surface area contributed by atoms with Gasteiger partial charge in [-0.3, -0.25) is 4.79 Å². The first kappa shape index (κ1) is 15.3. The van der Waals surface area contributed by atoms with Crippen LogP contribution in [0.2, 0.25) is 0 Å². The maximum absolute atomic E-state index is 12.2. The molecule has 0 saturated carbocycles. The van der Waals surface area contributed by atoms with Gasteiger partial charge in [0.15, 0.2) is 0 Å². The molecule has 114 valence electrons. The highest BCUT2D eigenvalue weighted by atomic mass is 79.9. The summed E-state index contributed by atoms with van der Waals surface area (Å²) in [7, 11) is 0. The number of hydrogen-bond acceptors (Lipinski definition) is 2. The number of halogens is 1. The average molecular weight is 360 g/mol. The summed E-state index contributed by atoms with van der Waals surface area (Å²) in [6, 6.07) is 15.4. The van der Waals surface area contributed by atoms with E-state index >= 15 is 0 Å². The number of hydrogen-bond donors (Lipinski definition) is 2. The van der Waals surface area contributed by atoms with Gasteiger partial charge in [-0.2, -0.15) is 0 Å². The molecule has 1 aliphatic carbocycles. The fourth-order valence-corrected chi connectivity index (χ4v) is 3.31. The van der Waals surface area contributed by atoms with E-state index in [2.05, 4.69) is 33.4 Å². The fourth-order valence-electron chi connectivity index (χ4n) is 2.91. The van der Waals surface area contributed by atoms with E-state index in [1.54, 1.807) is 12.1 Å². The third-order valence-corrected chi connectivity index (χ3v) is 4.66. The van der Waals surface area contributed by atoms with E-state index in [9.17, 15) is 9.90 Å². The molecule has 0 aliphatic heterocycles. The molecule has 1 aliphatic rings. The summed E-state index contributed by atoms with van der Waals surface area (Å²) in [4.78, 5) is 12.2. The number of rotatable bonds is 3. The van der Waals surface area contributed by atoms with E-state index < -0.39 is 5.60 Å². The number of carbonyl (C=O) groups excluding carboxylic acids is 1. The maximum atomic E-state index is 12.2. The second kappa shape index (κ2) is 6.23. The molecule has 3 rings (SSSR count). The molecule has 3 nitrogen and oxygen atoms in total. The zero-order valence-corrected chi connectivity index (χ0v) is 13.8. The summed E-state index contributed by atoms with van der Waals surface area (Å²) in [6.45, 7) is 0.271. The molecular formula is C18H18BrNO2. The Hall–Kier alpha value is -1.65. The number of amides is 1. The van der Waals surface area contributed by atoms with Crippen molar-refractivity contribution in [1.29, 1.82) is 0 Å². The Bertz CT molecular complexity index is 701. The van der Waals surface area contributed by atoms with Crippen LogP contribution in [0.25, 0.3) is 0 Å². The lowest BCUT2D eigenvalue weighted by Gasteiger charge is -2.33. The summed E-state index contributed by atoms with van der Waals surface area (Å²) in [5, 5.41) is 13.6. The lowest BCUT2D eigenvalue weighted by atomic mass is 9.80. The van der Waals surface area contributed by atoms with Crippen molar-refractivity contribution in [3.05, 3.63) is 69.7 Å². The van der Waals surface area contributed by atoms with Crippen molar-refractivity contribution in [2.24, 2.45) is 0 Å². The van der Waals surface area contributed by atoms with Crippen LogP contribution in [0, 0.1) is 0 Å². The van der Waals surface area contributed by atoms with Gasteiger partial charge in [-0.15, -0.1) is 0 Å². The van der Waals surface area contributed by atoms with Gasteiger partial charge in [0.1, 0.15) is 0 Å². The van der Waals surface area contributed by atoms with Crippen LogP contribution in [-0.4, -0.2) is 23.2 Å². The van der Waals surface area contributed by atoms with Crippen molar-refractivity contribution in [1.82, 2.24) is 5.32 Å². The normalized spacial score (nSPS) is 20.3. The van der Waals surface area contributed by atoms with Gasteiger partial charge >= 0.3 is 0 Å². The molecule has 1 atom stereocenters. The lowest BCUT2D eigenvalue weighted by Crippen LogP contribution is -2.46. The predicted octanol–water partition coefficient (Wildman–Crippen LogP) is 3.10. The quantitative estimate of drug-likeness (QED) is 0.884. The van der Waals surface area contributed by atoms with Gasteiger partial charge in [0.05, 0.1) is 5.60 Å². The third kappa shape index (κ3) is 3.39. The van der Waals surface area contributed by atoms with Crippen LogP contribution in [0.5, 0.6) is 0 Å². The molecule has 2 aromatic carbocycles. The lowest BCUT2D eigenvalue weighted by molar-refractivity contribution is 0.0260. The van der Waals surface area contributed by atoms with Crippen LogP contribution in [0.3, 0.4) is 0 Å². The molecule has 0 aromatic heterocycles. The number of aryl methyl sites for hydroxylation is 1. The topological polar surface area (TPSA) is 49.3 Å². The fraction of sp³-hybridized carbons (Fsp3) is 0.278. The minimum absolute atomic E-state index is 0.159. The van der Waals surface area contributed by atoms with Crippen LogP contribution in [0.1, 0.15) is 27.9 Å². The first-order valence-electron chi connectivity index (χ1n) is 7.39. The number of aliphatic hydroxyl groups is 1. The van der Waals surface area contributed by atoms with E-state index in [1.807, 2.05) is 24.3 Å². The van der Waals surface area contributed by atoms with Crippen molar-refractivity contribution in [3.63, 3.8) is 0 Å². The number of carbonyl (C=O) groups is 1. The number of nitrogens with one attached hydrogen (secondary N) is 1. The Morgan fingerprint density at radius 2 is 1.95 bits per heavy atom. The van der Waals surface area contributed by atoms with Crippen LogP contribution in [-0.2, 0) is 12.8 Å². The van der Waals surface area contributed by atoms with Crippen molar-refractivity contribution in [3.8, 4) is 0 Å². The Balaban J connectivity index is 1.65. The maximum Gasteiger partial charge on any atom is 0.251 e. The van der Waals surface area contributed by atoms with Crippen molar-refractivity contribution >= 4 is 21.8 Å². The van der Waals surface area contributed by atoms with Crippen LogP contribution >= 0.6 is 15.9 Å². The zero-order chi connectivity index (χ0) is 15.6. The Morgan fingerprint density at radius 1 is 1.18 bits per heavy atom. The van der Waals surface area contributed by atoms with E-state index in [4.69, 9.17) is 0 Å². The predicted molar refractivity (Wildman–Crippen MR) is 89.9 cm³/mol. The molecule has 0 bridgehead atoms. The van der Waals surface area contributed by atoms with E-state index in [0.29, 0.717) is 18.4 Å². The molecule has 0 saturated heterocycles. The van der Waals surface area contributed by atoms with Gasteiger partial charge in [0, 0.05) is 23.0 Å². The van der Waals surface area contributed by atoms with E-state index in [-0.39, 0.29) is 12.5 Å². The summed E-state index contributed by atoms with van der Waals surface area (Å²) in [5.41, 5.74) is 2.20. The molecule has 22 heavy (non-hydrogen) atoms. The molecule has 2 aromatic rings. The van der Waals surface area contributed by atoms with Gasteiger partial charge in [0.2, 0.25) is 0 Å². The SMILES string of the molecule is O=C(NCC1(O)CCc2ccccc2C1)c1cccc(Br)c1. The highest BCUT2D eigenvalue weighted by Crippen LogP contribution is 2.28. The Morgan fingerprint density at radius 3 is 2.73 bits per heavy atom.